The second-order valence-electron chi connectivity index (χ2n) is 7.30. The standard InChI is InChI=1S/C17H12Cl2O4/c18-5-1-2-9(19)8(3-5)17-15(21)11-7-4-6(13-14(7)22-13)10(11)12(20)16(17)23-17/h1-3,6-7,10-11,13-14,16H,4H2/t6-,7-,10-,11+,13-,14+,16+,17+/m1/s1. The lowest BCUT2D eigenvalue weighted by molar-refractivity contribution is -0.140. The van der Waals surface area contributed by atoms with E-state index in [4.69, 9.17) is 32.7 Å². The van der Waals surface area contributed by atoms with E-state index in [-0.39, 0.29) is 47.4 Å². The summed E-state index contributed by atoms with van der Waals surface area (Å²) in [5.74, 6) is -0.111. The van der Waals surface area contributed by atoms with Crippen LogP contribution in [-0.2, 0) is 24.7 Å². The Morgan fingerprint density at radius 3 is 2.61 bits per heavy atom. The number of hydrogen-bond acceptors (Lipinski definition) is 4. The Bertz CT molecular complexity index is 808. The molecule has 6 heteroatoms. The van der Waals surface area contributed by atoms with Crippen LogP contribution in [0.4, 0.5) is 0 Å². The second kappa shape index (κ2) is 3.83. The number of rotatable bonds is 1. The van der Waals surface area contributed by atoms with Gasteiger partial charge in [0, 0.05) is 27.4 Å². The maximum absolute atomic E-state index is 13.3. The maximum Gasteiger partial charge on any atom is 0.187 e. The van der Waals surface area contributed by atoms with Crippen LogP contribution in [0.5, 0.6) is 0 Å². The van der Waals surface area contributed by atoms with Gasteiger partial charge in [-0.3, -0.25) is 9.59 Å². The van der Waals surface area contributed by atoms with Gasteiger partial charge >= 0.3 is 0 Å². The summed E-state index contributed by atoms with van der Waals surface area (Å²) in [6.07, 6.45) is 0.580. The van der Waals surface area contributed by atoms with Crippen molar-refractivity contribution in [1.29, 1.82) is 0 Å². The van der Waals surface area contributed by atoms with E-state index in [0.29, 0.717) is 15.6 Å². The molecule has 0 amide bonds. The lowest BCUT2D eigenvalue weighted by Gasteiger charge is -2.32. The van der Waals surface area contributed by atoms with E-state index in [1.54, 1.807) is 18.2 Å². The molecule has 0 radical (unpaired) electrons. The summed E-state index contributed by atoms with van der Waals surface area (Å²) in [6.45, 7) is 0. The first-order valence-corrected chi connectivity index (χ1v) is 8.66. The minimum atomic E-state index is -1.21. The number of fused-ring (bicyclic) bond motifs is 9. The van der Waals surface area contributed by atoms with Crippen molar-refractivity contribution in [2.24, 2.45) is 23.7 Å². The predicted molar refractivity (Wildman–Crippen MR) is 80.3 cm³/mol. The predicted octanol–water partition coefficient (Wildman–Crippen LogP) is 2.39. The highest BCUT2D eigenvalue weighted by molar-refractivity contribution is 6.34. The molecule has 5 fully saturated rings. The molecule has 23 heavy (non-hydrogen) atoms. The van der Waals surface area contributed by atoms with E-state index in [2.05, 4.69) is 0 Å². The van der Waals surface area contributed by atoms with Crippen molar-refractivity contribution in [2.75, 3.05) is 0 Å². The Morgan fingerprint density at radius 2 is 1.83 bits per heavy atom. The van der Waals surface area contributed by atoms with Gasteiger partial charge in [-0.05, 0) is 36.5 Å². The average Bonchev–Trinajstić information content (AvgIpc) is 3.42. The third-order valence-electron chi connectivity index (χ3n) is 6.46. The molecule has 6 rings (SSSR count). The first-order chi connectivity index (χ1) is 11.0. The van der Waals surface area contributed by atoms with Crippen LogP contribution in [0.25, 0.3) is 0 Å². The van der Waals surface area contributed by atoms with Gasteiger partial charge < -0.3 is 9.47 Å². The van der Waals surface area contributed by atoms with Crippen molar-refractivity contribution in [3.63, 3.8) is 0 Å². The van der Waals surface area contributed by atoms with Gasteiger partial charge in [0.25, 0.3) is 0 Å². The highest BCUT2D eigenvalue weighted by Crippen LogP contribution is 2.68. The van der Waals surface area contributed by atoms with Crippen LogP contribution in [0.1, 0.15) is 12.0 Å². The number of carbonyl (C=O) groups excluding carboxylic acids is 2. The van der Waals surface area contributed by atoms with Gasteiger partial charge in [-0.2, -0.15) is 0 Å². The third-order valence-corrected chi connectivity index (χ3v) is 7.02. The van der Waals surface area contributed by atoms with Crippen LogP contribution in [0.15, 0.2) is 18.2 Å². The molecule has 0 spiro atoms. The molecular formula is C17H12Cl2O4. The highest BCUT2D eigenvalue weighted by Gasteiger charge is 2.81. The molecular weight excluding hydrogens is 339 g/mol. The SMILES string of the molecule is O=C1[C@@H]2[C@H]3C[C@@H]([C@@H]4O[C@H]34)[C@@H]2C(=O)[C@]2(c3cc(Cl)ccc3Cl)O[C@@H]12. The average molecular weight is 351 g/mol. The number of ether oxygens (including phenoxy) is 2. The monoisotopic (exact) mass is 350 g/mol. The minimum Gasteiger partial charge on any atom is -0.369 e. The number of hydrogen-bond donors (Lipinski definition) is 0. The van der Waals surface area contributed by atoms with Crippen LogP contribution in [0.2, 0.25) is 10.0 Å². The van der Waals surface area contributed by atoms with Crippen molar-refractivity contribution >= 4 is 34.8 Å². The summed E-state index contributed by atoms with van der Waals surface area (Å²) in [5, 5.41) is 0.897. The zero-order valence-electron chi connectivity index (χ0n) is 11.9. The topological polar surface area (TPSA) is 59.2 Å². The first kappa shape index (κ1) is 13.4. The first-order valence-electron chi connectivity index (χ1n) is 7.91. The molecule has 118 valence electrons. The molecule has 1 aromatic rings. The number of epoxide rings is 2. The molecule has 5 aliphatic rings. The van der Waals surface area contributed by atoms with Gasteiger partial charge in [-0.15, -0.1) is 0 Å². The summed E-state index contributed by atoms with van der Waals surface area (Å²) in [6, 6.07) is 4.97. The van der Waals surface area contributed by atoms with E-state index in [1.165, 1.54) is 0 Å². The van der Waals surface area contributed by atoms with Crippen molar-refractivity contribution in [2.45, 2.75) is 30.3 Å². The molecule has 0 aromatic heterocycles. The summed E-state index contributed by atoms with van der Waals surface area (Å²) in [5.41, 5.74) is -0.681. The number of Topliss-reactive ketones (excluding diaryl/α,β-unsaturated/α-hetero) is 2. The molecule has 0 unspecified atom stereocenters. The van der Waals surface area contributed by atoms with Gasteiger partial charge in [-0.25, -0.2) is 0 Å². The normalized spacial score (nSPS) is 51.3. The molecule has 2 heterocycles. The van der Waals surface area contributed by atoms with Crippen LogP contribution >= 0.6 is 23.2 Å². The fourth-order valence-electron chi connectivity index (χ4n) is 5.53. The summed E-state index contributed by atoms with van der Waals surface area (Å²) in [7, 11) is 0. The number of carbonyl (C=O) groups is 2. The molecule has 3 saturated carbocycles. The zero-order valence-corrected chi connectivity index (χ0v) is 13.4. The number of halogens is 2. The van der Waals surface area contributed by atoms with Crippen LogP contribution in [0.3, 0.4) is 0 Å². The van der Waals surface area contributed by atoms with E-state index >= 15 is 0 Å². The third kappa shape index (κ3) is 1.36. The maximum atomic E-state index is 13.3. The molecule has 4 nitrogen and oxygen atoms in total. The Kier molecular flexibility index (Phi) is 2.22. The van der Waals surface area contributed by atoms with Gasteiger partial charge in [0.05, 0.1) is 12.2 Å². The van der Waals surface area contributed by atoms with Crippen molar-refractivity contribution in [3.05, 3.63) is 33.8 Å². The van der Waals surface area contributed by atoms with Crippen LogP contribution in [0, 0.1) is 23.7 Å². The Hall–Kier alpha value is -0.940. The molecule has 2 aliphatic heterocycles. The smallest absolute Gasteiger partial charge is 0.187 e. The van der Waals surface area contributed by atoms with Gasteiger partial charge in [0.1, 0.15) is 0 Å². The minimum absolute atomic E-state index is 0.00211. The molecule has 1 aromatic carbocycles. The van der Waals surface area contributed by atoms with Gasteiger partial charge in [0.15, 0.2) is 23.3 Å². The molecule has 3 aliphatic carbocycles. The van der Waals surface area contributed by atoms with Gasteiger partial charge in [0.2, 0.25) is 0 Å². The van der Waals surface area contributed by atoms with E-state index in [1.807, 2.05) is 0 Å². The molecule has 2 saturated heterocycles. The summed E-state index contributed by atoms with van der Waals surface area (Å²) in [4.78, 5) is 26.2. The Labute approximate surface area is 142 Å². The van der Waals surface area contributed by atoms with Crippen LogP contribution in [-0.4, -0.2) is 29.9 Å². The van der Waals surface area contributed by atoms with Crippen LogP contribution < -0.4 is 0 Å². The van der Waals surface area contributed by atoms with Crippen molar-refractivity contribution < 1.29 is 19.1 Å². The molecule has 0 N–H and O–H groups in total. The molecule has 2 bridgehead atoms. The summed E-state index contributed by atoms with van der Waals surface area (Å²) < 4.78 is 11.4. The van der Waals surface area contributed by atoms with Crippen molar-refractivity contribution in [3.8, 4) is 0 Å². The van der Waals surface area contributed by atoms with E-state index in [9.17, 15) is 9.59 Å². The lowest BCUT2D eigenvalue weighted by atomic mass is 9.64. The largest absolute Gasteiger partial charge is 0.369 e. The Morgan fingerprint density at radius 1 is 1.09 bits per heavy atom. The molecule has 8 atom stereocenters. The second-order valence-corrected chi connectivity index (χ2v) is 8.15. The number of benzene rings is 1. The van der Waals surface area contributed by atoms with Gasteiger partial charge in [-0.1, -0.05) is 23.2 Å². The highest BCUT2D eigenvalue weighted by atomic mass is 35.5. The Balaban J connectivity index is 1.50. The summed E-state index contributed by atoms with van der Waals surface area (Å²) >= 11 is 12.4. The fraction of sp³-hybridized carbons (Fsp3) is 0.529. The van der Waals surface area contributed by atoms with E-state index < -0.39 is 11.7 Å². The van der Waals surface area contributed by atoms with Crippen molar-refractivity contribution in [1.82, 2.24) is 0 Å². The zero-order chi connectivity index (χ0) is 15.7. The number of ketones is 2. The van der Waals surface area contributed by atoms with E-state index in [0.717, 1.165) is 6.42 Å². The lowest BCUT2D eigenvalue weighted by Crippen LogP contribution is -2.50. The quantitative estimate of drug-likeness (QED) is 0.729. The fourth-order valence-corrected chi connectivity index (χ4v) is 5.96.